The summed E-state index contributed by atoms with van der Waals surface area (Å²) >= 11 is 5.96. The molecule has 0 unspecified atom stereocenters. The molecule has 3 N–H and O–H groups in total. The Hall–Kier alpha value is -1.75. The quantitative estimate of drug-likeness (QED) is 0.780. The van der Waals surface area contributed by atoms with Crippen LogP contribution in [-0.4, -0.2) is 23.1 Å². The van der Waals surface area contributed by atoms with E-state index in [9.17, 15) is 9.59 Å². The van der Waals surface area contributed by atoms with Gasteiger partial charge in [-0.2, -0.15) is 0 Å². The zero-order chi connectivity index (χ0) is 15.3. The average Bonchev–Trinajstić information content (AvgIpc) is 2.33. The van der Waals surface area contributed by atoms with E-state index in [2.05, 4.69) is 10.6 Å². The topological polar surface area (TPSA) is 78.4 Å². The standard InChI is InChI=1S/C14H19ClN2O3/c1-8(2)7-12(13(18)19)17-14(20)16-11-6-4-5-10(15)9(11)3/h4-6,8,12H,7H2,1-3H3,(H,18,19)(H2,16,17,20)/t12-/m1/s1. The van der Waals surface area contributed by atoms with Gasteiger partial charge in [0.2, 0.25) is 0 Å². The summed E-state index contributed by atoms with van der Waals surface area (Å²) in [6.45, 7) is 5.58. The first-order chi connectivity index (χ1) is 9.31. The van der Waals surface area contributed by atoms with Gasteiger partial charge in [0, 0.05) is 10.7 Å². The second-order valence-electron chi connectivity index (χ2n) is 5.03. The van der Waals surface area contributed by atoms with Gasteiger partial charge in [-0.25, -0.2) is 9.59 Å². The van der Waals surface area contributed by atoms with E-state index in [4.69, 9.17) is 16.7 Å². The normalized spacial score (nSPS) is 12.1. The van der Waals surface area contributed by atoms with Crippen LogP contribution in [0.5, 0.6) is 0 Å². The van der Waals surface area contributed by atoms with Gasteiger partial charge in [0.05, 0.1) is 0 Å². The highest BCUT2D eigenvalue weighted by molar-refractivity contribution is 6.31. The van der Waals surface area contributed by atoms with E-state index in [0.29, 0.717) is 17.1 Å². The van der Waals surface area contributed by atoms with Crippen LogP contribution in [0.2, 0.25) is 5.02 Å². The number of rotatable bonds is 5. The number of hydrogen-bond acceptors (Lipinski definition) is 2. The summed E-state index contributed by atoms with van der Waals surface area (Å²) in [6, 6.07) is 3.68. The molecule has 0 bridgehead atoms. The molecule has 0 aliphatic rings. The monoisotopic (exact) mass is 298 g/mol. The Labute approximate surface area is 123 Å². The molecule has 110 valence electrons. The van der Waals surface area contributed by atoms with Crippen molar-refractivity contribution in [2.75, 3.05) is 5.32 Å². The van der Waals surface area contributed by atoms with Crippen molar-refractivity contribution in [3.8, 4) is 0 Å². The van der Waals surface area contributed by atoms with Crippen LogP contribution in [0.1, 0.15) is 25.8 Å². The minimum Gasteiger partial charge on any atom is -0.480 e. The first-order valence-corrected chi connectivity index (χ1v) is 6.74. The van der Waals surface area contributed by atoms with Gasteiger partial charge < -0.3 is 15.7 Å². The van der Waals surface area contributed by atoms with Crippen LogP contribution < -0.4 is 10.6 Å². The molecule has 0 fully saturated rings. The van der Waals surface area contributed by atoms with Crippen molar-refractivity contribution in [1.29, 1.82) is 0 Å². The molecule has 1 aromatic rings. The van der Waals surface area contributed by atoms with E-state index in [0.717, 1.165) is 5.56 Å². The van der Waals surface area contributed by atoms with Crippen LogP contribution in [-0.2, 0) is 4.79 Å². The minimum absolute atomic E-state index is 0.171. The van der Waals surface area contributed by atoms with Crippen molar-refractivity contribution >= 4 is 29.3 Å². The molecule has 2 amide bonds. The average molecular weight is 299 g/mol. The number of aliphatic carboxylic acids is 1. The van der Waals surface area contributed by atoms with Crippen molar-refractivity contribution in [2.45, 2.75) is 33.2 Å². The number of halogens is 1. The van der Waals surface area contributed by atoms with Crippen LogP contribution in [0.25, 0.3) is 0 Å². The highest BCUT2D eigenvalue weighted by atomic mass is 35.5. The summed E-state index contributed by atoms with van der Waals surface area (Å²) in [7, 11) is 0. The molecule has 0 aliphatic heterocycles. The Morgan fingerprint density at radius 2 is 2.00 bits per heavy atom. The Morgan fingerprint density at radius 1 is 1.35 bits per heavy atom. The first-order valence-electron chi connectivity index (χ1n) is 6.36. The lowest BCUT2D eigenvalue weighted by molar-refractivity contribution is -0.139. The molecule has 0 spiro atoms. The van der Waals surface area contributed by atoms with Gasteiger partial charge in [-0.1, -0.05) is 31.5 Å². The van der Waals surface area contributed by atoms with Gasteiger partial charge in [0.25, 0.3) is 0 Å². The maximum Gasteiger partial charge on any atom is 0.326 e. The molecule has 1 rings (SSSR count). The predicted molar refractivity (Wildman–Crippen MR) is 79.2 cm³/mol. The summed E-state index contributed by atoms with van der Waals surface area (Å²) < 4.78 is 0. The molecule has 20 heavy (non-hydrogen) atoms. The second-order valence-corrected chi connectivity index (χ2v) is 5.44. The second kappa shape index (κ2) is 7.14. The number of urea groups is 1. The van der Waals surface area contributed by atoms with Crippen LogP contribution in [0.15, 0.2) is 18.2 Å². The molecule has 0 radical (unpaired) electrons. The molecule has 0 aromatic heterocycles. The summed E-state index contributed by atoms with van der Waals surface area (Å²) in [5.74, 6) is -0.874. The zero-order valence-electron chi connectivity index (χ0n) is 11.7. The zero-order valence-corrected chi connectivity index (χ0v) is 12.5. The number of nitrogens with one attached hydrogen (secondary N) is 2. The van der Waals surface area contributed by atoms with E-state index in [-0.39, 0.29) is 5.92 Å². The Bertz CT molecular complexity index is 503. The number of carboxylic acid groups (broad SMARTS) is 1. The van der Waals surface area contributed by atoms with Crippen molar-refractivity contribution in [2.24, 2.45) is 5.92 Å². The van der Waals surface area contributed by atoms with Crippen LogP contribution in [0.4, 0.5) is 10.5 Å². The molecular weight excluding hydrogens is 280 g/mol. The highest BCUT2D eigenvalue weighted by Crippen LogP contribution is 2.22. The largest absolute Gasteiger partial charge is 0.480 e. The Morgan fingerprint density at radius 3 is 2.55 bits per heavy atom. The van der Waals surface area contributed by atoms with Gasteiger partial charge in [0.15, 0.2) is 0 Å². The van der Waals surface area contributed by atoms with Crippen molar-refractivity contribution < 1.29 is 14.7 Å². The molecule has 0 saturated carbocycles. The maximum absolute atomic E-state index is 11.8. The van der Waals surface area contributed by atoms with E-state index in [1.807, 2.05) is 13.8 Å². The first kappa shape index (κ1) is 16.3. The predicted octanol–water partition coefficient (Wildman–Crippen LogP) is 3.27. The van der Waals surface area contributed by atoms with Gasteiger partial charge >= 0.3 is 12.0 Å². The minimum atomic E-state index is -1.04. The maximum atomic E-state index is 11.8. The van der Waals surface area contributed by atoms with E-state index < -0.39 is 18.0 Å². The van der Waals surface area contributed by atoms with Gasteiger partial charge in [-0.15, -0.1) is 0 Å². The van der Waals surface area contributed by atoms with E-state index in [1.54, 1.807) is 25.1 Å². The van der Waals surface area contributed by atoms with Crippen LogP contribution in [0.3, 0.4) is 0 Å². The van der Waals surface area contributed by atoms with Crippen LogP contribution >= 0.6 is 11.6 Å². The Kier molecular flexibility index (Phi) is 5.82. The summed E-state index contributed by atoms with van der Waals surface area (Å²) in [6.07, 6.45) is 0.372. The fourth-order valence-corrected chi connectivity index (χ4v) is 1.93. The molecule has 5 nitrogen and oxygen atoms in total. The SMILES string of the molecule is Cc1c(Cl)cccc1NC(=O)N[C@H](CC(C)C)C(=O)O. The lowest BCUT2D eigenvalue weighted by Gasteiger charge is -2.17. The van der Waals surface area contributed by atoms with E-state index >= 15 is 0 Å². The van der Waals surface area contributed by atoms with Crippen molar-refractivity contribution in [1.82, 2.24) is 5.32 Å². The van der Waals surface area contributed by atoms with Crippen molar-refractivity contribution in [3.05, 3.63) is 28.8 Å². The molecule has 0 heterocycles. The third-order valence-corrected chi connectivity index (χ3v) is 3.24. The lowest BCUT2D eigenvalue weighted by atomic mass is 10.0. The molecule has 0 saturated heterocycles. The number of anilines is 1. The number of amides is 2. The third-order valence-electron chi connectivity index (χ3n) is 2.83. The lowest BCUT2D eigenvalue weighted by Crippen LogP contribution is -2.43. The summed E-state index contributed by atoms with van der Waals surface area (Å²) in [4.78, 5) is 22.9. The van der Waals surface area contributed by atoms with Gasteiger partial charge in [-0.05, 0) is 37.0 Å². The molecule has 0 aliphatic carbocycles. The fourth-order valence-electron chi connectivity index (χ4n) is 1.75. The van der Waals surface area contributed by atoms with Gasteiger partial charge in [-0.3, -0.25) is 0 Å². The smallest absolute Gasteiger partial charge is 0.326 e. The van der Waals surface area contributed by atoms with Crippen molar-refractivity contribution in [3.63, 3.8) is 0 Å². The molecular formula is C14H19ClN2O3. The summed E-state index contributed by atoms with van der Waals surface area (Å²) in [5.41, 5.74) is 1.30. The fraction of sp³-hybridized carbons (Fsp3) is 0.429. The number of carbonyl (C=O) groups excluding carboxylic acids is 1. The number of benzene rings is 1. The molecule has 1 atom stereocenters. The highest BCUT2D eigenvalue weighted by Gasteiger charge is 2.21. The molecule has 6 heteroatoms. The van der Waals surface area contributed by atoms with Crippen LogP contribution in [0, 0.1) is 12.8 Å². The summed E-state index contributed by atoms with van der Waals surface area (Å²) in [5, 5.41) is 14.7. The number of carbonyl (C=O) groups is 2. The third kappa shape index (κ3) is 4.74. The molecule has 1 aromatic carbocycles. The van der Waals surface area contributed by atoms with E-state index in [1.165, 1.54) is 0 Å². The van der Waals surface area contributed by atoms with Gasteiger partial charge in [0.1, 0.15) is 6.04 Å². The number of carboxylic acids is 1. The number of hydrogen-bond donors (Lipinski definition) is 3. The Balaban J connectivity index is 2.71.